The molecule has 0 aromatic carbocycles. The first-order valence-electron chi connectivity index (χ1n) is 5.30. The predicted octanol–water partition coefficient (Wildman–Crippen LogP) is 1.65. The summed E-state index contributed by atoms with van der Waals surface area (Å²) in [7, 11) is 0. The first-order valence-corrected chi connectivity index (χ1v) is 5.30. The molecule has 3 aliphatic heterocycles. The molecule has 2 heteroatoms. The number of rotatable bonds is 0. The number of nitrogens with zero attached hydrogens (tertiary/aromatic N) is 1. The smallest absolute Gasteiger partial charge is 0.228 e. The summed E-state index contributed by atoms with van der Waals surface area (Å²) in [6.45, 7) is 6.60. The van der Waals surface area contributed by atoms with Gasteiger partial charge in [-0.05, 0) is 30.6 Å². The maximum absolute atomic E-state index is 12.0. The van der Waals surface area contributed by atoms with E-state index in [9.17, 15) is 4.79 Å². The largest absolute Gasteiger partial charge is 0.341 e. The van der Waals surface area contributed by atoms with Crippen LogP contribution in [-0.4, -0.2) is 23.9 Å². The van der Waals surface area contributed by atoms with E-state index in [2.05, 4.69) is 18.7 Å². The minimum atomic E-state index is 0.00810. The molecule has 1 saturated carbocycles. The van der Waals surface area contributed by atoms with Gasteiger partial charge in [-0.25, -0.2) is 0 Å². The lowest BCUT2D eigenvalue weighted by Crippen LogP contribution is -2.64. The number of hydrogen-bond donors (Lipinski definition) is 0. The number of carbonyl (C=O) groups excluding carboxylic acids is 1. The van der Waals surface area contributed by atoms with Crippen molar-refractivity contribution in [2.24, 2.45) is 16.7 Å². The second-order valence-corrected chi connectivity index (χ2v) is 6.01. The molecule has 0 spiro atoms. The second-order valence-electron chi connectivity index (χ2n) is 6.01. The highest BCUT2D eigenvalue weighted by Gasteiger charge is 2.57. The van der Waals surface area contributed by atoms with Gasteiger partial charge in [-0.15, -0.1) is 0 Å². The molecule has 4 bridgehead atoms. The van der Waals surface area contributed by atoms with Crippen molar-refractivity contribution in [3.8, 4) is 0 Å². The standard InChI is InChI=1S/C11H17NO/c1-10-3-8-4-11(2,6-10)9(13)12(5-8)7-10/h8H,3-7H2,1-2H3. The zero-order valence-corrected chi connectivity index (χ0v) is 8.47. The first-order chi connectivity index (χ1) is 6.01. The summed E-state index contributed by atoms with van der Waals surface area (Å²) in [5, 5.41) is 0. The highest BCUT2D eigenvalue weighted by molar-refractivity contribution is 5.84. The topological polar surface area (TPSA) is 20.3 Å². The zero-order valence-electron chi connectivity index (χ0n) is 8.47. The summed E-state index contributed by atoms with van der Waals surface area (Å²) in [6.07, 6.45) is 3.64. The number of carbonyl (C=O) groups is 1. The fourth-order valence-electron chi connectivity index (χ4n) is 4.28. The van der Waals surface area contributed by atoms with Crippen molar-refractivity contribution >= 4 is 5.91 Å². The van der Waals surface area contributed by atoms with Gasteiger partial charge in [-0.3, -0.25) is 4.79 Å². The molecule has 4 fully saturated rings. The second kappa shape index (κ2) is 1.94. The number of amides is 1. The van der Waals surface area contributed by atoms with Crippen LogP contribution in [0, 0.1) is 16.7 Å². The fraction of sp³-hybridized carbons (Fsp3) is 0.909. The molecule has 0 aromatic rings. The fourth-order valence-corrected chi connectivity index (χ4v) is 4.28. The van der Waals surface area contributed by atoms with Gasteiger partial charge in [0.1, 0.15) is 0 Å². The molecule has 0 aromatic heterocycles. The molecule has 4 aliphatic rings. The average molecular weight is 179 g/mol. The van der Waals surface area contributed by atoms with Crippen LogP contribution in [0.15, 0.2) is 0 Å². The minimum Gasteiger partial charge on any atom is -0.341 e. The molecular formula is C11H17NO. The summed E-state index contributed by atoms with van der Waals surface area (Å²) < 4.78 is 0. The predicted molar refractivity (Wildman–Crippen MR) is 50.1 cm³/mol. The van der Waals surface area contributed by atoms with Crippen LogP contribution in [-0.2, 0) is 4.79 Å². The van der Waals surface area contributed by atoms with E-state index in [0.717, 1.165) is 31.8 Å². The van der Waals surface area contributed by atoms with E-state index in [4.69, 9.17) is 0 Å². The van der Waals surface area contributed by atoms with Crippen molar-refractivity contribution in [1.82, 2.24) is 4.90 Å². The van der Waals surface area contributed by atoms with Gasteiger partial charge in [0.15, 0.2) is 0 Å². The highest BCUT2D eigenvalue weighted by Crippen LogP contribution is 2.56. The third-order valence-corrected chi connectivity index (χ3v) is 4.19. The summed E-state index contributed by atoms with van der Waals surface area (Å²) in [4.78, 5) is 14.1. The van der Waals surface area contributed by atoms with Crippen LogP contribution in [0.3, 0.4) is 0 Å². The average Bonchev–Trinajstić information content (AvgIpc) is 1.96. The van der Waals surface area contributed by atoms with E-state index < -0.39 is 0 Å². The molecule has 3 heterocycles. The molecule has 0 N–H and O–H groups in total. The number of hydrogen-bond acceptors (Lipinski definition) is 1. The Labute approximate surface area is 79.3 Å². The maximum Gasteiger partial charge on any atom is 0.228 e. The normalized spacial score (nSPS) is 53.2. The van der Waals surface area contributed by atoms with Gasteiger partial charge >= 0.3 is 0 Å². The summed E-state index contributed by atoms with van der Waals surface area (Å²) in [6, 6.07) is 0. The molecule has 72 valence electrons. The quantitative estimate of drug-likeness (QED) is 0.553. The Hall–Kier alpha value is -0.530. The van der Waals surface area contributed by atoms with Gasteiger partial charge in [0, 0.05) is 18.5 Å². The van der Waals surface area contributed by atoms with E-state index >= 15 is 0 Å². The monoisotopic (exact) mass is 179 g/mol. The molecule has 13 heavy (non-hydrogen) atoms. The molecule has 1 amide bonds. The van der Waals surface area contributed by atoms with Gasteiger partial charge in [-0.1, -0.05) is 13.8 Å². The molecule has 1 aliphatic carbocycles. The third-order valence-electron chi connectivity index (χ3n) is 4.19. The third kappa shape index (κ3) is 0.866. The Balaban J connectivity index is 2.06. The van der Waals surface area contributed by atoms with Crippen LogP contribution in [0.5, 0.6) is 0 Å². The molecule has 4 rings (SSSR count). The van der Waals surface area contributed by atoms with E-state index in [1.165, 1.54) is 6.42 Å². The SMILES string of the molecule is CC12CC3CN(C1)C(=O)C(C)(C3)C2. The Morgan fingerprint density at radius 2 is 2.15 bits per heavy atom. The van der Waals surface area contributed by atoms with Gasteiger partial charge in [0.25, 0.3) is 0 Å². The van der Waals surface area contributed by atoms with Crippen molar-refractivity contribution in [1.29, 1.82) is 0 Å². The maximum atomic E-state index is 12.0. The molecule has 3 unspecified atom stereocenters. The minimum absolute atomic E-state index is 0.00810. The Morgan fingerprint density at radius 1 is 1.38 bits per heavy atom. The summed E-state index contributed by atoms with van der Waals surface area (Å²) in [5.41, 5.74) is 0.456. The Kier molecular flexibility index (Phi) is 1.17. The van der Waals surface area contributed by atoms with Crippen LogP contribution < -0.4 is 0 Å². The zero-order chi connectivity index (χ0) is 9.27. The van der Waals surface area contributed by atoms with Crippen molar-refractivity contribution in [3.05, 3.63) is 0 Å². The number of piperidine rings is 3. The first kappa shape index (κ1) is 7.84. The molecule has 2 nitrogen and oxygen atoms in total. The van der Waals surface area contributed by atoms with Crippen LogP contribution in [0.25, 0.3) is 0 Å². The highest BCUT2D eigenvalue weighted by atomic mass is 16.2. The molecular weight excluding hydrogens is 162 g/mol. The summed E-state index contributed by atoms with van der Waals surface area (Å²) >= 11 is 0. The van der Waals surface area contributed by atoms with E-state index in [0.29, 0.717) is 11.3 Å². The van der Waals surface area contributed by atoms with Crippen molar-refractivity contribution in [3.63, 3.8) is 0 Å². The van der Waals surface area contributed by atoms with Crippen LogP contribution in [0.4, 0.5) is 0 Å². The van der Waals surface area contributed by atoms with Gasteiger partial charge < -0.3 is 4.90 Å². The van der Waals surface area contributed by atoms with Gasteiger partial charge in [-0.2, -0.15) is 0 Å². The lowest BCUT2D eigenvalue weighted by molar-refractivity contribution is -0.174. The Morgan fingerprint density at radius 3 is 2.77 bits per heavy atom. The van der Waals surface area contributed by atoms with E-state index in [-0.39, 0.29) is 5.41 Å². The van der Waals surface area contributed by atoms with Gasteiger partial charge in [0.05, 0.1) is 0 Å². The van der Waals surface area contributed by atoms with Crippen LogP contribution in [0.2, 0.25) is 0 Å². The Bertz CT molecular complexity index is 288. The van der Waals surface area contributed by atoms with Crippen LogP contribution in [0.1, 0.15) is 33.1 Å². The molecule has 3 atom stereocenters. The van der Waals surface area contributed by atoms with E-state index in [1.54, 1.807) is 0 Å². The molecule has 0 radical (unpaired) electrons. The van der Waals surface area contributed by atoms with Crippen LogP contribution >= 0.6 is 0 Å². The van der Waals surface area contributed by atoms with Crippen molar-refractivity contribution in [2.45, 2.75) is 33.1 Å². The lowest BCUT2D eigenvalue weighted by Gasteiger charge is -2.60. The summed E-state index contributed by atoms with van der Waals surface area (Å²) in [5.74, 6) is 1.23. The van der Waals surface area contributed by atoms with E-state index in [1.807, 2.05) is 0 Å². The van der Waals surface area contributed by atoms with Crippen molar-refractivity contribution < 1.29 is 4.79 Å². The lowest BCUT2D eigenvalue weighted by atomic mass is 9.54. The van der Waals surface area contributed by atoms with Crippen molar-refractivity contribution in [2.75, 3.05) is 13.1 Å². The van der Waals surface area contributed by atoms with Gasteiger partial charge in [0.2, 0.25) is 5.91 Å². The molecule has 3 saturated heterocycles.